The maximum Gasteiger partial charge on any atom is 0.294 e. The standard InChI is InChI=1S/C24H26O5S/c1-23(2,16-8-6-5-7-9-16)21-14-17(25)10-12-19(21)24(3,4)20-13-11-18(26)15-22(20)30(27,28)29/h5-15,25-26H,1-4H3,(H,27,28,29). The monoisotopic (exact) mass is 426 g/mol. The summed E-state index contributed by atoms with van der Waals surface area (Å²) in [5.41, 5.74) is 1.64. The Labute approximate surface area is 177 Å². The van der Waals surface area contributed by atoms with Gasteiger partial charge in [-0.25, -0.2) is 0 Å². The minimum Gasteiger partial charge on any atom is -0.508 e. The fourth-order valence-electron chi connectivity index (χ4n) is 3.99. The summed E-state index contributed by atoms with van der Waals surface area (Å²) in [5.74, 6) is -0.146. The van der Waals surface area contributed by atoms with E-state index in [1.54, 1.807) is 18.2 Å². The predicted molar refractivity (Wildman–Crippen MR) is 117 cm³/mol. The van der Waals surface area contributed by atoms with Gasteiger partial charge in [0.25, 0.3) is 10.1 Å². The van der Waals surface area contributed by atoms with Gasteiger partial charge in [-0.15, -0.1) is 0 Å². The van der Waals surface area contributed by atoms with Gasteiger partial charge in [-0.05, 0) is 40.5 Å². The average Bonchev–Trinajstić information content (AvgIpc) is 2.67. The second-order valence-electron chi connectivity index (χ2n) is 8.50. The van der Waals surface area contributed by atoms with Crippen LogP contribution in [-0.4, -0.2) is 23.2 Å². The van der Waals surface area contributed by atoms with Gasteiger partial charge in [0, 0.05) is 16.9 Å². The highest BCUT2D eigenvalue weighted by molar-refractivity contribution is 7.85. The second-order valence-corrected chi connectivity index (χ2v) is 9.89. The molecule has 0 saturated carbocycles. The van der Waals surface area contributed by atoms with Crippen LogP contribution < -0.4 is 0 Å². The van der Waals surface area contributed by atoms with Crippen molar-refractivity contribution in [2.24, 2.45) is 0 Å². The lowest BCUT2D eigenvalue weighted by molar-refractivity contribution is 0.459. The molecule has 0 bridgehead atoms. The third kappa shape index (κ3) is 3.93. The summed E-state index contributed by atoms with van der Waals surface area (Å²) in [4.78, 5) is -0.343. The number of hydrogen-bond acceptors (Lipinski definition) is 4. The van der Waals surface area contributed by atoms with Gasteiger partial charge in [0.1, 0.15) is 16.4 Å². The van der Waals surface area contributed by atoms with E-state index >= 15 is 0 Å². The Balaban J connectivity index is 2.30. The summed E-state index contributed by atoms with van der Waals surface area (Å²) in [7, 11) is -4.57. The number of phenols is 2. The van der Waals surface area contributed by atoms with Crippen LogP contribution in [0.15, 0.2) is 71.6 Å². The molecule has 0 amide bonds. The molecule has 30 heavy (non-hydrogen) atoms. The van der Waals surface area contributed by atoms with E-state index in [-0.39, 0.29) is 16.4 Å². The van der Waals surface area contributed by atoms with Gasteiger partial charge in [-0.2, -0.15) is 8.42 Å². The molecule has 3 aromatic rings. The van der Waals surface area contributed by atoms with E-state index in [0.29, 0.717) is 5.56 Å². The highest BCUT2D eigenvalue weighted by atomic mass is 32.2. The topological polar surface area (TPSA) is 94.8 Å². The molecule has 5 nitrogen and oxygen atoms in total. The lowest BCUT2D eigenvalue weighted by Gasteiger charge is -2.36. The number of rotatable bonds is 5. The molecule has 158 valence electrons. The molecule has 0 saturated heterocycles. The van der Waals surface area contributed by atoms with E-state index in [2.05, 4.69) is 0 Å². The third-order valence-corrected chi connectivity index (χ3v) is 6.66. The summed E-state index contributed by atoms with van der Waals surface area (Å²) >= 11 is 0. The fraction of sp³-hybridized carbons (Fsp3) is 0.250. The zero-order chi connectivity index (χ0) is 22.3. The molecule has 0 aliphatic rings. The van der Waals surface area contributed by atoms with Crippen LogP contribution >= 0.6 is 0 Å². The lowest BCUT2D eigenvalue weighted by Crippen LogP contribution is -2.29. The van der Waals surface area contributed by atoms with E-state index < -0.39 is 20.9 Å². The van der Waals surface area contributed by atoms with Crippen LogP contribution in [0.4, 0.5) is 0 Å². The maximum absolute atomic E-state index is 12.0. The van der Waals surface area contributed by atoms with Crippen LogP contribution in [0.25, 0.3) is 0 Å². The van der Waals surface area contributed by atoms with E-state index in [1.165, 1.54) is 12.1 Å². The molecule has 0 fully saturated rings. The van der Waals surface area contributed by atoms with E-state index in [4.69, 9.17) is 0 Å². The first-order chi connectivity index (χ1) is 13.8. The lowest BCUT2D eigenvalue weighted by atomic mass is 9.68. The first kappa shape index (κ1) is 21.9. The first-order valence-corrected chi connectivity index (χ1v) is 11.0. The summed E-state index contributed by atoms with van der Waals surface area (Å²) < 4.78 is 33.9. The average molecular weight is 427 g/mol. The van der Waals surface area contributed by atoms with Gasteiger partial charge < -0.3 is 10.2 Å². The second kappa shape index (κ2) is 7.45. The number of hydrogen-bond donors (Lipinski definition) is 3. The Bertz CT molecular complexity index is 1180. The van der Waals surface area contributed by atoms with Crippen molar-refractivity contribution >= 4 is 10.1 Å². The van der Waals surface area contributed by atoms with Crippen molar-refractivity contribution in [3.63, 3.8) is 0 Å². The minimum absolute atomic E-state index is 0.106. The zero-order valence-electron chi connectivity index (χ0n) is 17.4. The van der Waals surface area contributed by atoms with Crippen LogP contribution in [0, 0.1) is 0 Å². The first-order valence-electron chi connectivity index (χ1n) is 9.55. The summed E-state index contributed by atoms with van der Waals surface area (Å²) in [6, 6.07) is 18.8. The smallest absolute Gasteiger partial charge is 0.294 e. The van der Waals surface area contributed by atoms with Crippen LogP contribution in [0.2, 0.25) is 0 Å². The van der Waals surface area contributed by atoms with Crippen molar-refractivity contribution in [3.05, 3.63) is 89.0 Å². The predicted octanol–water partition coefficient (Wildman–Crippen LogP) is 5.00. The molecule has 3 aromatic carbocycles. The zero-order valence-corrected chi connectivity index (χ0v) is 18.2. The number of phenolic OH excluding ortho intramolecular Hbond substituents is 2. The van der Waals surface area contributed by atoms with Crippen LogP contribution in [0.3, 0.4) is 0 Å². The van der Waals surface area contributed by atoms with Gasteiger partial charge in [-0.1, -0.05) is 70.2 Å². The van der Waals surface area contributed by atoms with Gasteiger partial charge in [0.15, 0.2) is 0 Å². The molecule has 6 heteroatoms. The SMILES string of the molecule is CC(C)(c1ccccc1)c1cc(O)ccc1C(C)(C)c1ccc(O)cc1S(=O)(=O)O. The van der Waals surface area contributed by atoms with E-state index in [0.717, 1.165) is 22.8 Å². The number of benzene rings is 3. The van der Waals surface area contributed by atoms with Crippen LogP contribution in [-0.2, 0) is 20.9 Å². The molecule has 0 atom stereocenters. The normalized spacial score (nSPS) is 12.7. The molecule has 0 spiro atoms. The van der Waals surface area contributed by atoms with Gasteiger partial charge in [-0.3, -0.25) is 4.55 Å². The van der Waals surface area contributed by atoms with Crippen LogP contribution in [0.1, 0.15) is 49.9 Å². The molecular formula is C24H26O5S. The van der Waals surface area contributed by atoms with Gasteiger partial charge in [0.05, 0.1) is 0 Å². The Hall–Kier alpha value is -2.83. The fourth-order valence-corrected chi connectivity index (χ4v) is 4.86. The van der Waals surface area contributed by atoms with E-state index in [1.807, 2.05) is 58.0 Å². The molecule has 3 rings (SSSR count). The highest BCUT2D eigenvalue weighted by Crippen LogP contribution is 2.44. The molecule has 0 aliphatic heterocycles. The van der Waals surface area contributed by atoms with Crippen molar-refractivity contribution < 1.29 is 23.2 Å². The molecule has 0 aromatic heterocycles. The molecule has 3 N–H and O–H groups in total. The van der Waals surface area contributed by atoms with E-state index in [9.17, 15) is 23.2 Å². The third-order valence-electron chi connectivity index (χ3n) is 5.76. The Kier molecular flexibility index (Phi) is 5.43. The maximum atomic E-state index is 12.0. The Morgan fingerprint density at radius 1 is 0.667 bits per heavy atom. The molecule has 0 heterocycles. The van der Waals surface area contributed by atoms with Crippen molar-refractivity contribution in [1.82, 2.24) is 0 Å². The molecular weight excluding hydrogens is 400 g/mol. The molecule has 0 aliphatic carbocycles. The number of aromatic hydroxyl groups is 2. The van der Waals surface area contributed by atoms with Crippen LogP contribution in [0.5, 0.6) is 11.5 Å². The summed E-state index contributed by atoms with van der Waals surface area (Å²) in [6.45, 7) is 7.78. The van der Waals surface area contributed by atoms with Crippen molar-refractivity contribution in [2.75, 3.05) is 0 Å². The molecule has 0 radical (unpaired) electrons. The quantitative estimate of drug-likeness (QED) is 0.499. The van der Waals surface area contributed by atoms with Crippen molar-refractivity contribution in [1.29, 1.82) is 0 Å². The molecule has 0 unspecified atom stereocenters. The van der Waals surface area contributed by atoms with Gasteiger partial charge >= 0.3 is 0 Å². The Morgan fingerprint density at radius 2 is 1.20 bits per heavy atom. The largest absolute Gasteiger partial charge is 0.508 e. The van der Waals surface area contributed by atoms with Gasteiger partial charge in [0.2, 0.25) is 0 Å². The summed E-state index contributed by atoms with van der Waals surface area (Å²) in [6.07, 6.45) is 0. The van der Waals surface area contributed by atoms with Crippen molar-refractivity contribution in [2.45, 2.75) is 43.4 Å². The summed E-state index contributed by atoms with van der Waals surface area (Å²) in [5, 5.41) is 20.0. The minimum atomic E-state index is -4.57. The highest BCUT2D eigenvalue weighted by Gasteiger charge is 2.36. The Morgan fingerprint density at radius 3 is 1.77 bits per heavy atom. The van der Waals surface area contributed by atoms with Crippen molar-refractivity contribution in [3.8, 4) is 11.5 Å².